The molecule has 1 aromatic carbocycles. The van der Waals surface area contributed by atoms with Gasteiger partial charge in [0.2, 0.25) is 5.91 Å². The summed E-state index contributed by atoms with van der Waals surface area (Å²) < 4.78 is 0.913. The smallest absolute Gasteiger partial charge is 0.244 e. The number of anilines is 1. The molecule has 0 saturated heterocycles. The van der Waals surface area contributed by atoms with E-state index >= 15 is 0 Å². The maximum absolute atomic E-state index is 11.9. The van der Waals surface area contributed by atoms with E-state index in [1.165, 1.54) is 0 Å². The molecule has 4 nitrogen and oxygen atoms in total. The fourth-order valence-electron chi connectivity index (χ4n) is 1.84. The first kappa shape index (κ1) is 11.6. The van der Waals surface area contributed by atoms with Gasteiger partial charge in [0.1, 0.15) is 0 Å². The lowest BCUT2D eigenvalue weighted by molar-refractivity contribution is -0.118. The number of nitrogens with one attached hydrogen (secondary N) is 1. The van der Waals surface area contributed by atoms with Crippen LogP contribution >= 0.6 is 15.9 Å². The normalized spacial score (nSPS) is 16.6. The number of nitrogens with zero attached hydrogens (tertiary/aromatic N) is 1. The van der Waals surface area contributed by atoms with Crippen LogP contribution in [0.25, 0.3) is 10.9 Å². The zero-order chi connectivity index (χ0) is 12.8. The first-order valence-electron chi connectivity index (χ1n) is 5.73. The topological polar surface area (TPSA) is 68.0 Å². The Balaban J connectivity index is 1.99. The van der Waals surface area contributed by atoms with E-state index in [4.69, 9.17) is 5.73 Å². The molecular weight excluding hydrogens is 294 g/mol. The van der Waals surface area contributed by atoms with Gasteiger partial charge in [0.25, 0.3) is 0 Å². The predicted molar refractivity (Wildman–Crippen MR) is 74.2 cm³/mol. The van der Waals surface area contributed by atoms with Crippen molar-refractivity contribution in [1.29, 1.82) is 0 Å². The van der Waals surface area contributed by atoms with E-state index in [1.807, 2.05) is 24.3 Å². The molecule has 2 aromatic rings. The molecule has 1 amide bonds. The van der Waals surface area contributed by atoms with Gasteiger partial charge in [0, 0.05) is 16.1 Å². The van der Waals surface area contributed by atoms with E-state index in [9.17, 15) is 4.79 Å². The number of hydrogen-bond donors (Lipinski definition) is 2. The van der Waals surface area contributed by atoms with Crippen molar-refractivity contribution in [1.82, 2.24) is 4.98 Å². The number of fused-ring (bicyclic) bond motifs is 1. The Hall–Kier alpha value is -1.46. The molecule has 1 aromatic heterocycles. The summed E-state index contributed by atoms with van der Waals surface area (Å²) in [6.07, 6.45) is 3.22. The lowest BCUT2D eigenvalue weighted by atomic mass is 10.2. The molecule has 0 spiro atoms. The van der Waals surface area contributed by atoms with E-state index in [1.54, 1.807) is 6.20 Å². The number of carbonyl (C=O) groups excluding carboxylic acids is 1. The number of pyridine rings is 1. The number of carbonyl (C=O) groups is 1. The third-order valence-corrected chi connectivity index (χ3v) is 3.60. The van der Waals surface area contributed by atoms with Gasteiger partial charge >= 0.3 is 0 Å². The van der Waals surface area contributed by atoms with Gasteiger partial charge in [-0.2, -0.15) is 0 Å². The van der Waals surface area contributed by atoms with Crippen molar-refractivity contribution in [2.75, 3.05) is 5.32 Å². The van der Waals surface area contributed by atoms with Gasteiger partial charge in [0.05, 0.1) is 16.7 Å². The van der Waals surface area contributed by atoms with Gasteiger partial charge in [-0.25, -0.2) is 0 Å². The summed E-state index contributed by atoms with van der Waals surface area (Å²) >= 11 is 3.38. The minimum absolute atomic E-state index is 0.125. The summed E-state index contributed by atoms with van der Waals surface area (Å²) in [5, 5.41) is 3.84. The van der Waals surface area contributed by atoms with Crippen molar-refractivity contribution in [2.24, 2.45) is 5.73 Å². The number of halogens is 1. The standard InChI is InChI=1S/C13H12BrN3O/c14-9-6-8-2-1-3-10(11(8)16-7-9)17-12(18)13(15)4-5-13/h1-3,6-7H,4-5,15H2,(H,17,18). The Morgan fingerprint density at radius 1 is 1.44 bits per heavy atom. The molecule has 5 heteroatoms. The summed E-state index contributed by atoms with van der Waals surface area (Å²) in [5.74, 6) is -0.125. The molecule has 0 radical (unpaired) electrons. The van der Waals surface area contributed by atoms with Crippen molar-refractivity contribution in [3.63, 3.8) is 0 Å². The van der Waals surface area contributed by atoms with E-state index in [0.29, 0.717) is 5.69 Å². The van der Waals surface area contributed by atoms with E-state index in [-0.39, 0.29) is 5.91 Å². The fourth-order valence-corrected chi connectivity index (χ4v) is 2.19. The van der Waals surface area contributed by atoms with E-state index < -0.39 is 5.54 Å². The molecular formula is C13H12BrN3O. The lowest BCUT2D eigenvalue weighted by Gasteiger charge is -2.11. The SMILES string of the molecule is NC1(C(=O)Nc2cccc3cc(Br)cnc23)CC1. The molecule has 1 heterocycles. The molecule has 0 atom stereocenters. The largest absolute Gasteiger partial charge is 0.323 e. The van der Waals surface area contributed by atoms with Crippen molar-refractivity contribution >= 4 is 38.4 Å². The van der Waals surface area contributed by atoms with Crippen molar-refractivity contribution in [3.8, 4) is 0 Å². The summed E-state index contributed by atoms with van der Waals surface area (Å²) in [6, 6.07) is 7.65. The zero-order valence-electron chi connectivity index (χ0n) is 9.61. The number of nitrogens with two attached hydrogens (primary N) is 1. The molecule has 0 bridgehead atoms. The fraction of sp³-hybridized carbons (Fsp3) is 0.231. The number of aromatic nitrogens is 1. The van der Waals surface area contributed by atoms with Crippen LogP contribution in [0.1, 0.15) is 12.8 Å². The molecule has 0 aliphatic heterocycles. The quantitative estimate of drug-likeness (QED) is 0.895. The van der Waals surface area contributed by atoms with Gasteiger partial charge < -0.3 is 11.1 Å². The Bertz CT molecular complexity index is 637. The van der Waals surface area contributed by atoms with Crippen molar-refractivity contribution in [3.05, 3.63) is 34.9 Å². The van der Waals surface area contributed by atoms with Gasteiger partial charge in [0.15, 0.2) is 0 Å². The highest BCUT2D eigenvalue weighted by Crippen LogP contribution is 2.34. The van der Waals surface area contributed by atoms with E-state index in [0.717, 1.165) is 28.2 Å². The van der Waals surface area contributed by atoms with Crippen LogP contribution in [-0.2, 0) is 4.79 Å². The maximum Gasteiger partial charge on any atom is 0.244 e. The minimum atomic E-state index is -0.669. The number of hydrogen-bond acceptors (Lipinski definition) is 3. The second kappa shape index (κ2) is 4.03. The third kappa shape index (κ3) is 2.00. The number of rotatable bonds is 2. The average molecular weight is 306 g/mol. The van der Waals surface area contributed by atoms with E-state index in [2.05, 4.69) is 26.2 Å². The Morgan fingerprint density at radius 3 is 2.94 bits per heavy atom. The molecule has 1 aliphatic rings. The number of benzene rings is 1. The average Bonchev–Trinajstić information content (AvgIpc) is 3.08. The van der Waals surface area contributed by atoms with Crippen LogP contribution in [0.3, 0.4) is 0 Å². The molecule has 3 N–H and O–H groups in total. The zero-order valence-corrected chi connectivity index (χ0v) is 11.2. The number of amides is 1. The summed E-state index contributed by atoms with van der Waals surface area (Å²) in [7, 11) is 0. The monoisotopic (exact) mass is 305 g/mol. The molecule has 92 valence electrons. The van der Waals surface area contributed by atoms with Crippen LogP contribution in [0.15, 0.2) is 34.9 Å². The van der Waals surface area contributed by atoms with Crippen LogP contribution < -0.4 is 11.1 Å². The molecule has 3 rings (SSSR count). The first-order valence-corrected chi connectivity index (χ1v) is 6.52. The van der Waals surface area contributed by atoms with Crippen LogP contribution in [0.5, 0.6) is 0 Å². The lowest BCUT2D eigenvalue weighted by Crippen LogP contribution is -2.37. The molecule has 0 unspecified atom stereocenters. The van der Waals surface area contributed by atoms with Gasteiger partial charge in [-0.15, -0.1) is 0 Å². The van der Waals surface area contributed by atoms with Gasteiger partial charge in [-0.1, -0.05) is 12.1 Å². The highest BCUT2D eigenvalue weighted by molar-refractivity contribution is 9.10. The Morgan fingerprint density at radius 2 is 2.22 bits per heavy atom. The third-order valence-electron chi connectivity index (χ3n) is 3.17. The summed E-state index contributed by atoms with van der Waals surface area (Å²) in [4.78, 5) is 16.3. The van der Waals surface area contributed by atoms with Crippen LogP contribution in [0.2, 0.25) is 0 Å². The molecule has 1 fully saturated rings. The van der Waals surface area contributed by atoms with Gasteiger partial charge in [-0.3, -0.25) is 9.78 Å². The highest BCUT2D eigenvalue weighted by Gasteiger charge is 2.46. The summed E-state index contributed by atoms with van der Waals surface area (Å²) in [6.45, 7) is 0. The first-order chi connectivity index (χ1) is 8.58. The Labute approximate surface area is 113 Å². The predicted octanol–water partition coefficient (Wildman–Crippen LogP) is 2.43. The van der Waals surface area contributed by atoms with Crippen LogP contribution in [0, 0.1) is 0 Å². The minimum Gasteiger partial charge on any atom is -0.323 e. The summed E-state index contributed by atoms with van der Waals surface area (Å²) in [5.41, 5.74) is 6.68. The van der Waals surface area contributed by atoms with Crippen molar-refractivity contribution < 1.29 is 4.79 Å². The molecule has 18 heavy (non-hydrogen) atoms. The second-order valence-corrected chi connectivity index (χ2v) is 5.56. The molecule has 1 aliphatic carbocycles. The van der Waals surface area contributed by atoms with Crippen molar-refractivity contribution in [2.45, 2.75) is 18.4 Å². The van der Waals surface area contributed by atoms with Gasteiger partial charge in [-0.05, 0) is 40.9 Å². The maximum atomic E-state index is 11.9. The molecule has 1 saturated carbocycles. The van der Waals surface area contributed by atoms with Crippen LogP contribution in [-0.4, -0.2) is 16.4 Å². The second-order valence-electron chi connectivity index (χ2n) is 4.64. The Kier molecular flexibility index (Phi) is 2.60. The highest BCUT2D eigenvalue weighted by atomic mass is 79.9. The number of para-hydroxylation sites is 1. The van der Waals surface area contributed by atoms with Crippen LogP contribution in [0.4, 0.5) is 5.69 Å².